The van der Waals surface area contributed by atoms with Gasteiger partial charge in [0.05, 0.1) is 5.31 Å². The van der Waals surface area contributed by atoms with Crippen LogP contribution in [0, 0.1) is 0 Å². The molecular formula is C16H13BrIO3P. The highest BCUT2D eigenvalue weighted by molar-refractivity contribution is 14.1. The molecule has 2 atom stereocenters. The second-order valence-electron chi connectivity index (χ2n) is 4.78. The molecule has 0 saturated carbocycles. The average Bonchev–Trinajstić information content (AvgIpc) is 2.81. The summed E-state index contributed by atoms with van der Waals surface area (Å²) in [6, 6.07) is 17.4. The van der Waals surface area contributed by atoms with Crippen molar-refractivity contribution in [3.8, 4) is 0 Å². The molecule has 0 aromatic heterocycles. The molecule has 0 N–H and O–H groups in total. The molecule has 2 aromatic carbocycles. The Balaban J connectivity index is 2.11. The Bertz CT molecular complexity index is 759. The Labute approximate surface area is 151 Å². The van der Waals surface area contributed by atoms with Gasteiger partial charge in [0, 0.05) is 15.2 Å². The van der Waals surface area contributed by atoms with Crippen molar-refractivity contribution in [1.82, 2.24) is 0 Å². The van der Waals surface area contributed by atoms with Crippen LogP contribution in [0.1, 0.15) is 17.2 Å². The van der Waals surface area contributed by atoms with Gasteiger partial charge in [-0.1, -0.05) is 58.4 Å². The fraction of sp³-hybridized carbons (Fsp3) is 0.125. The van der Waals surface area contributed by atoms with E-state index < -0.39 is 7.60 Å². The summed E-state index contributed by atoms with van der Waals surface area (Å²) in [5, 5.41) is 0.657. The van der Waals surface area contributed by atoms with Crippen LogP contribution >= 0.6 is 46.1 Å². The van der Waals surface area contributed by atoms with Gasteiger partial charge in [-0.15, -0.1) is 0 Å². The third kappa shape index (κ3) is 2.97. The minimum Gasteiger partial charge on any atom is -0.309 e. The third-order valence-corrected chi connectivity index (χ3v) is 7.51. The van der Waals surface area contributed by atoms with Crippen LogP contribution in [0.5, 0.6) is 0 Å². The molecule has 0 bridgehead atoms. The zero-order chi connectivity index (χ0) is 15.7. The number of benzene rings is 2. The van der Waals surface area contributed by atoms with Crippen molar-refractivity contribution in [2.75, 3.05) is 7.11 Å². The minimum absolute atomic E-state index is 0.366. The monoisotopic (exact) mass is 490 g/mol. The molecule has 2 aromatic rings. The van der Waals surface area contributed by atoms with E-state index in [1.165, 1.54) is 7.11 Å². The van der Waals surface area contributed by atoms with Crippen molar-refractivity contribution in [2.24, 2.45) is 0 Å². The molecule has 3 rings (SSSR count). The first-order chi connectivity index (χ1) is 10.5. The summed E-state index contributed by atoms with van der Waals surface area (Å²) in [4.78, 5) is 0. The molecule has 0 amide bonds. The minimum atomic E-state index is -3.31. The average molecular weight is 491 g/mol. The molecule has 22 heavy (non-hydrogen) atoms. The first-order valence-electron chi connectivity index (χ1n) is 6.60. The number of rotatable bonds is 3. The Morgan fingerprint density at radius 3 is 2.36 bits per heavy atom. The first-order valence-corrected chi connectivity index (χ1v) is 10.0. The van der Waals surface area contributed by atoms with Gasteiger partial charge >= 0.3 is 7.60 Å². The summed E-state index contributed by atoms with van der Waals surface area (Å²) in [5.74, 6) is 0. The van der Waals surface area contributed by atoms with Crippen LogP contribution in [0.4, 0.5) is 0 Å². The Kier molecular flexibility index (Phi) is 4.90. The van der Waals surface area contributed by atoms with E-state index in [1.807, 2.05) is 54.6 Å². The van der Waals surface area contributed by atoms with Gasteiger partial charge in [-0.3, -0.25) is 9.09 Å². The molecule has 114 valence electrons. The van der Waals surface area contributed by atoms with Gasteiger partial charge in [-0.25, -0.2) is 0 Å². The standard InChI is InChI=1S/C16H13BrIO3P/c1-20-22(19)16(12-5-3-2-4-6-12)14(18)15(21-22)11-7-9-13(17)10-8-11/h2-10,15H,1H3. The highest BCUT2D eigenvalue weighted by atomic mass is 127. The summed E-state index contributed by atoms with van der Waals surface area (Å²) >= 11 is 5.63. The van der Waals surface area contributed by atoms with Crippen LogP contribution in [-0.2, 0) is 13.6 Å². The van der Waals surface area contributed by atoms with Crippen molar-refractivity contribution in [2.45, 2.75) is 6.10 Å². The quantitative estimate of drug-likeness (QED) is 0.381. The lowest BCUT2D eigenvalue weighted by molar-refractivity contribution is 0.213. The van der Waals surface area contributed by atoms with Gasteiger partial charge in [0.15, 0.2) is 0 Å². The van der Waals surface area contributed by atoms with Crippen LogP contribution in [0.2, 0.25) is 0 Å². The van der Waals surface area contributed by atoms with E-state index in [9.17, 15) is 4.57 Å². The Hall–Kier alpha value is -0.460. The summed E-state index contributed by atoms with van der Waals surface area (Å²) in [6.07, 6.45) is -0.366. The summed E-state index contributed by atoms with van der Waals surface area (Å²) in [6.45, 7) is 0. The molecule has 1 aliphatic heterocycles. The molecule has 3 nitrogen and oxygen atoms in total. The largest absolute Gasteiger partial charge is 0.363 e. The van der Waals surface area contributed by atoms with E-state index in [4.69, 9.17) is 9.05 Å². The molecule has 0 radical (unpaired) electrons. The topological polar surface area (TPSA) is 35.5 Å². The lowest BCUT2D eigenvalue weighted by Gasteiger charge is -2.15. The van der Waals surface area contributed by atoms with Crippen molar-refractivity contribution in [3.63, 3.8) is 0 Å². The van der Waals surface area contributed by atoms with Crippen LogP contribution in [0.25, 0.3) is 5.31 Å². The summed E-state index contributed by atoms with van der Waals surface area (Å²) < 4.78 is 26.1. The van der Waals surface area contributed by atoms with E-state index in [0.29, 0.717) is 5.31 Å². The van der Waals surface area contributed by atoms with Crippen molar-refractivity contribution in [1.29, 1.82) is 0 Å². The molecule has 0 saturated heterocycles. The molecule has 0 aliphatic carbocycles. The van der Waals surface area contributed by atoms with Crippen molar-refractivity contribution in [3.05, 3.63) is 73.8 Å². The Morgan fingerprint density at radius 1 is 1.14 bits per heavy atom. The molecule has 1 heterocycles. The van der Waals surface area contributed by atoms with Crippen molar-refractivity contribution >= 4 is 51.4 Å². The van der Waals surface area contributed by atoms with E-state index in [-0.39, 0.29) is 6.10 Å². The van der Waals surface area contributed by atoms with Gasteiger partial charge < -0.3 is 4.52 Å². The predicted molar refractivity (Wildman–Crippen MR) is 100.0 cm³/mol. The third-order valence-electron chi connectivity index (χ3n) is 3.43. The van der Waals surface area contributed by atoms with Gasteiger partial charge in [0.2, 0.25) is 0 Å². The van der Waals surface area contributed by atoms with E-state index in [1.54, 1.807) is 0 Å². The fourth-order valence-corrected chi connectivity index (χ4v) is 6.24. The van der Waals surface area contributed by atoms with Crippen molar-refractivity contribution < 1.29 is 13.6 Å². The molecular weight excluding hydrogens is 478 g/mol. The van der Waals surface area contributed by atoms with Crippen LogP contribution in [0.15, 0.2) is 62.6 Å². The fourth-order valence-electron chi connectivity index (χ4n) is 2.36. The van der Waals surface area contributed by atoms with E-state index >= 15 is 0 Å². The smallest absolute Gasteiger partial charge is 0.309 e. The SMILES string of the molecule is COP1(=O)OC(c2ccc(Br)cc2)C(I)=C1c1ccccc1. The molecule has 6 heteroatoms. The second kappa shape index (κ2) is 6.57. The lowest BCUT2D eigenvalue weighted by Crippen LogP contribution is -1.96. The second-order valence-corrected chi connectivity index (χ2v) is 8.88. The van der Waals surface area contributed by atoms with Crippen LogP contribution in [-0.4, -0.2) is 7.11 Å². The first kappa shape index (κ1) is 16.4. The molecule has 0 spiro atoms. The predicted octanol–water partition coefficient (Wildman–Crippen LogP) is 6.16. The number of hydrogen-bond donors (Lipinski definition) is 0. The van der Waals surface area contributed by atoms with Gasteiger partial charge in [-0.05, 0) is 45.9 Å². The van der Waals surface area contributed by atoms with Gasteiger partial charge in [-0.2, -0.15) is 0 Å². The lowest BCUT2D eigenvalue weighted by atomic mass is 10.1. The van der Waals surface area contributed by atoms with Gasteiger partial charge in [0.25, 0.3) is 0 Å². The van der Waals surface area contributed by atoms with Crippen LogP contribution in [0.3, 0.4) is 0 Å². The number of hydrogen-bond acceptors (Lipinski definition) is 3. The van der Waals surface area contributed by atoms with E-state index in [2.05, 4.69) is 38.5 Å². The normalized spacial score (nSPS) is 24.8. The molecule has 1 aliphatic rings. The highest BCUT2D eigenvalue weighted by Gasteiger charge is 2.44. The molecule has 0 fully saturated rings. The molecule has 2 unspecified atom stereocenters. The maximum Gasteiger partial charge on any atom is 0.363 e. The zero-order valence-electron chi connectivity index (χ0n) is 11.7. The summed E-state index contributed by atoms with van der Waals surface area (Å²) in [7, 11) is -1.88. The maximum absolute atomic E-state index is 13.1. The maximum atomic E-state index is 13.1. The van der Waals surface area contributed by atoms with Crippen LogP contribution < -0.4 is 0 Å². The number of halogens is 2. The highest BCUT2D eigenvalue weighted by Crippen LogP contribution is 2.71. The summed E-state index contributed by atoms with van der Waals surface area (Å²) in [5.41, 5.74) is 1.83. The van der Waals surface area contributed by atoms with Gasteiger partial charge in [0.1, 0.15) is 6.10 Å². The zero-order valence-corrected chi connectivity index (χ0v) is 16.3. The Morgan fingerprint density at radius 2 is 1.77 bits per heavy atom. The van der Waals surface area contributed by atoms with E-state index in [0.717, 1.165) is 19.2 Å².